The van der Waals surface area contributed by atoms with Gasteiger partial charge >= 0.3 is 17.8 Å². The molecule has 1 aliphatic heterocycles. The van der Waals surface area contributed by atoms with Gasteiger partial charge in [-0.1, -0.05) is 19.3 Å². The highest BCUT2D eigenvalue weighted by atomic mass is 16.2. The summed E-state index contributed by atoms with van der Waals surface area (Å²) in [5, 5.41) is 0. The van der Waals surface area contributed by atoms with E-state index < -0.39 is 17.8 Å². The zero-order valence-corrected chi connectivity index (χ0v) is 9.72. The second-order valence-electron chi connectivity index (χ2n) is 4.59. The summed E-state index contributed by atoms with van der Waals surface area (Å²) >= 11 is 0. The highest BCUT2D eigenvalue weighted by molar-refractivity contribution is 6.38. The Labute approximate surface area is 99.7 Å². The molecule has 0 aromatic heterocycles. The minimum atomic E-state index is -0.841. The Bertz CT molecular complexity index is 350. The maximum Gasteiger partial charge on any atom is 0.321 e. The first-order valence-electron chi connectivity index (χ1n) is 6.03. The van der Waals surface area contributed by atoms with Crippen LogP contribution < -0.4 is 5.73 Å². The van der Waals surface area contributed by atoms with E-state index in [-0.39, 0.29) is 12.6 Å². The minimum Gasteiger partial charge on any atom is -0.351 e. The predicted molar refractivity (Wildman–Crippen MR) is 59.9 cm³/mol. The third kappa shape index (κ3) is 2.25. The standard InChI is InChI=1S/C11H17N3O3/c12-11(17)14-7-6-13(9(15)10(14)16)8-4-2-1-3-5-8/h8H,1-7H2,(H2,12,17). The summed E-state index contributed by atoms with van der Waals surface area (Å²) in [7, 11) is 0. The summed E-state index contributed by atoms with van der Waals surface area (Å²) in [4.78, 5) is 36.9. The molecule has 4 amide bonds. The summed E-state index contributed by atoms with van der Waals surface area (Å²) < 4.78 is 0. The third-order valence-corrected chi connectivity index (χ3v) is 3.53. The topological polar surface area (TPSA) is 83.7 Å². The van der Waals surface area contributed by atoms with Crippen molar-refractivity contribution in [1.82, 2.24) is 9.80 Å². The summed E-state index contributed by atoms with van der Waals surface area (Å²) in [5.41, 5.74) is 5.04. The highest BCUT2D eigenvalue weighted by Gasteiger charge is 2.38. The molecular formula is C11H17N3O3. The van der Waals surface area contributed by atoms with E-state index in [2.05, 4.69) is 0 Å². The van der Waals surface area contributed by atoms with E-state index in [1.807, 2.05) is 0 Å². The average molecular weight is 239 g/mol. The van der Waals surface area contributed by atoms with E-state index >= 15 is 0 Å². The van der Waals surface area contributed by atoms with Crippen molar-refractivity contribution in [3.63, 3.8) is 0 Å². The molecule has 0 radical (unpaired) electrons. The van der Waals surface area contributed by atoms with Crippen LogP contribution in [0, 0.1) is 0 Å². The molecule has 0 spiro atoms. The van der Waals surface area contributed by atoms with Crippen LogP contribution in [0.25, 0.3) is 0 Å². The largest absolute Gasteiger partial charge is 0.351 e. The van der Waals surface area contributed by atoms with Crippen LogP contribution in [0.5, 0.6) is 0 Å². The van der Waals surface area contributed by atoms with Crippen LogP contribution >= 0.6 is 0 Å². The molecule has 0 aromatic carbocycles. The fourth-order valence-corrected chi connectivity index (χ4v) is 2.60. The maximum absolute atomic E-state index is 11.9. The molecular weight excluding hydrogens is 222 g/mol. The third-order valence-electron chi connectivity index (χ3n) is 3.53. The zero-order valence-electron chi connectivity index (χ0n) is 9.72. The van der Waals surface area contributed by atoms with E-state index in [1.165, 1.54) is 6.42 Å². The molecule has 0 atom stereocenters. The molecule has 2 fully saturated rings. The van der Waals surface area contributed by atoms with Crippen molar-refractivity contribution in [3.05, 3.63) is 0 Å². The van der Waals surface area contributed by atoms with Crippen molar-refractivity contribution in [2.45, 2.75) is 38.1 Å². The summed E-state index contributed by atoms with van der Waals surface area (Å²) in [6, 6.07) is -0.679. The molecule has 0 bridgehead atoms. The predicted octanol–water partition coefficient (Wildman–Crippen LogP) is 0.0686. The van der Waals surface area contributed by atoms with Crippen LogP contribution in [0.3, 0.4) is 0 Å². The Morgan fingerprint density at radius 1 is 1.06 bits per heavy atom. The molecule has 1 heterocycles. The van der Waals surface area contributed by atoms with Crippen LogP contribution in [0.15, 0.2) is 0 Å². The molecule has 1 aliphatic carbocycles. The van der Waals surface area contributed by atoms with Gasteiger partial charge in [0.15, 0.2) is 0 Å². The zero-order chi connectivity index (χ0) is 12.4. The second-order valence-corrected chi connectivity index (χ2v) is 4.59. The number of hydrogen-bond donors (Lipinski definition) is 1. The van der Waals surface area contributed by atoms with Gasteiger partial charge in [-0.2, -0.15) is 0 Å². The number of rotatable bonds is 1. The van der Waals surface area contributed by atoms with Crippen molar-refractivity contribution < 1.29 is 14.4 Å². The molecule has 2 N–H and O–H groups in total. The number of carbonyl (C=O) groups excluding carboxylic acids is 3. The number of amides is 4. The van der Waals surface area contributed by atoms with Crippen LogP contribution in [0.4, 0.5) is 4.79 Å². The monoisotopic (exact) mass is 239 g/mol. The Morgan fingerprint density at radius 3 is 2.29 bits per heavy atom. The van der Waals surface area contributed by atoms with Crippen LogP contribution in [0.2, 0.25) is 0 Å². The van der Waals surface area contributed by atoms with Gasteiger partial charge in [0.2, 0.25) is 0 Å². The van der Waals surface area contributed by atoms with Crippen LogP contribution in [0.1, 0.15) is 32.1 Å². The van der Waals surface area contributed by atoms with Crippen molar-refractivity contribution >= 4 is 17.8 Å². The van der Waals surface area contributed by atoms with Gasteiger partial charge in [-0.15, -0.1) is 0 Å². The van der Waals surface area contributed by atoms with Crippen molar-refractivity contribution in [2.24, 2.45) is 5.73 Å². The lowest BCUT2D eigenvalue weighted by Gasteiger charge is -2.38. The first-order valence-corrected chi connectivity index (χ1v) is 6.03. The number of nitrogens with zero attached hydrogens (tertiary/aromatic N) is 2. The molecule has 1 saturated heterocycles. The van der Waals surface area contributed by atoms with Crippen molar-refractivity contribution in [3.8, 4) is 0 Å². The lowest BCUT2D eigenvalue weighted by Crippen LogP contribution is -2.60. The first kappa shape index (κ1) is 11.9. The van der Waals surface area contributed by atoms with Gasteiger partial charge in [-0.3, -0.25) is 14.5 Å². The van der Waals surface area contributed by atoms with Gasteiger partial charge in [-0.05, 0) is 12.8 Å². The van der Waals surface area contributed by atoms with Gasteiger partial charge in [0.1, 0.15) is 0 Å². The van der Waals surface area contributed by atoms with E-state index in [0.717, 1.165) is 30.6 Å². The molecule has 17 heavy (non-hydrogen) atoms. The number of imide groups is 1. The Morgan fingerprint density at radius 2 is 1.71 bits per heavy atom. The fourth-order valence-electron chi connectivity index (χ4n) is 2.60. The molecule has 2 aliphatic rings. The molecule has 1 saturated carbocycles. The van der Waals surface area contributed by atoms with Gasteiger partial charge in [-0.25, -0.2) is 4.79 Å². The highest BCUT2D eigenvalue weighted by Crippen LogP contribution is 2.24. The molecule has 6 heteroatoms. The molecule has 0 aromatic rings. The molecule has 0 unspecified atom stereocenters. The van der Waals surface area contributed by atoms with Gasteiger partial charge in [0, 0.05) is 19.1 Å². The number of nitrogens with two attached hydrogens (primary N) is 1. The van der Waals surface area contributed by atoms with E-state index in [4.69, 9.17) is 5.73 Å². The first-order chi connectivity index (χ1) is 8.11. The van der Waals surface area contributed by atoms with Crippen molar-refractivity contribution in [2.75, 3.05) is 13.1 Å². The lowest BCUT2D eigenvalue weighted by molar-refractivity contribution is -0.155. The number of urea groups is 1. The molecule has 2 rings (SSSR count). The van der Waals surface area contributed by atoms with Crippen LogP contribution in [-0.4, -0.2) is 46.8 Å². The normalized spacial score (nSPS) is 23.1. The van der Waals surface area contributed by atoms with Crippen molar-refractivity contribution in [1.29, 1.82) is 0 Å². The summed E-state index contributed by atoms with van der Waals surface area (Å²) in [5.74, 6) is -1.36. The SMILES string of the molecule is NC(=O)N1CCN(C2CCCCC2)C(=O)C1=O. The summed E-state index contributed by atoms with van der Waals surface area (Å²) in [6.07, 6.45) is 5.30. The maximum atomic E-state index is 11.9. The fraction of sp³-hybridized carbons (Fsp3) is 0.727. The number of carbonyl (C=O) groups is 3. The lowest BCUT2D eigenvalue weighted by atomic mass is 9.93. The van der Waals surface area contributed by atoms with Gasteiger partial charge < -0.3 is 10.6 Å². The number of piperazine rings is 1. The van der Waals surface area contributed by atoms with Gasteiger partial charge in [0.05, 0.1) is 0 Å². The second kappa shape index (κ2) is 4.73. The van der Waals surface area contributed by atoms with E-state index in [1.54, 1.807) is 4.90 Å². The Hall–Kier alpha value is -1.59. The Balaban J connectivity index is 2.05. The summed E-state index contributed by atoms with van der Waals surface area (Å²) in [6.45, 7) is 0.634. The smallest absolute Gasteiger partial charge is 0.321 e. The van der Waals surface area contributed by atoms with Gasteiger partial charge in [0.25, 0.3) is 0 Å². The van der Waals surface area contributed by atoms with E-state index in [9.17, 15) is 14.4 Å². The molecule has 94 valence electrons. The minimum absolute atomic E-state index is 0.162. The van der Waals surface area contributed by atoms with E-state index in [0.29, 0.717) is 6.54 Å². The quantitative estimate of drug-likeness (QED) is 0.657. The molecule has 6 nitrogen and oxygen atoms in total. The number of hydrogen-bond acceptors (Lipinski definition) is 3. The number of primary amides is 1. The Kier molecular flexibility index (Phi) is 3.31. The van der Waals surface area contributed by atoms with Crippen LogP contribution in [-0.2, 0) is 9.59 Å². The average Bonchev–Trinajstić information content (AvgIpc) is 2.33.